The van der Waals surface area contributed by atoms with Gasteiger partial charge in [0, 0.05) is 34.5 Å². The molecule has 3 aromatic carbocycles. The molecule has 0 radical (unpaired) electrons. The van der Waals surface area contributed by atoms with Gasteiger partial charge in [0.1, 0.15) is 23.0 Å². The molecule has 0 saturated heterocycles. The summed E-state index contributed by atoms with van der Waals surface area (Å²) in [7, 11) is 0. The molecule has 0 atom stereocenters. The average molecular weight is 478 g/mol. The number of anilines is 1. The molecule has 1 spiro atoms. The molecule has 5 rings (SSSR count). The minimum Gasteiger partial charge on any atom is -0.508 e. The van der Waals surface area contributed by atoms with Gasteiger partial charge in [-0.3, -0.25) is 0 Å². The maximum absolute atomic E-state index is 13.0. The van der Waals surface area contributed by atoms with Crippen LogP contribution in [0.4, 0.5) is 5.69 Å². The number of esters is 1. The van der Waals surface area contributed by atoms with Crippen LogP contribution in [0, 0.1) is 5.92 Å². The lowest BCUT2D eigenvalue weighted by molar-refractivity contribution is 0.0224. The van der Waals surface area contributed by atoms with E-state index in [0.29, 0.717) is 50.8 Å². The molecule has 3 aromatic rings. The van der Waals surface area contributed by atoms with Gasteiger partial charge in [0.25, 0.3) is 0 Å². The summed E-state index contributed by atoms with van der Waals surface area (Å²) in [5, 5.41) is 23.0. The zero-order valence-electron chi connectivity index (χ0n) is 19.5. The number of rotatable bonds is 2. The van der Waals surface area contributed by atoms with Gasteiger partial charge in [0.15, 0.2) is 5.60 Å². The SMILES string of the molecule is CC(C)C.CCC(=S)Nc1ccc2c(c1)C(=O)OC21c2ccc(O)cc2Oc2cc(O)ccc21. The van der Waals surface area contributed by atoms with Crippen LogP contribution in [0.5, 0.6) is 23.0 Å². The van der Waals surface area contributed by atoms with E-state index in [-0.39, 0.29) is 11.5 Å². The van der Waals surface area contributed by atoms with Gasteiger partial charge in [-0.2, -0.15) is 0 Å². The van der Waals surface area contributed by atoms with Gasteiger partial charge in [-0.1, -0.05) is 46.0 Å². The van der Waals surface area contributed by atoms with Gasteiger partial charge in [0.05, 0.1) is 10.6 Å². The fourth-order valence-corrected chi connectivity index (χ4v) is 4.15. The van der Waals surface area contributed by atoms with Crippen LogP contribution in [0.15, 0.2) is 54.6 Å². The number of fused-ring (bicyclic) bond motifs is 6. The number of hydrogen-bond donors (Lipinski definition) is 3. The Kier molecular flexibility index (Phi) is 6.23. The van der Waals surface area contributed by atoms with E-state index < -0.39 is 11.6 Å². The average Bonchev–Trinajstić information content (AvgIpc) is 3.05. The van der Waals surface area contributed by atoms with Gasteiger partial charge in [-0.25, -0.2) is 4.79 Å². The molecule has 7 heteroatoms. The Balaban J connectivity index is 0.000000636. The van der Waals surface area contributed by atoms with Crippen LogP contribution in [0.2, 0.25) is 0 Å². The van der Waals surface area contributed by atoms with Crippen LogP contribution in [-0.2, 0) is 10.3 Å². The highest BCUT2D eigenvalue weighted by molar-refractivity contribution is 7.80. The van der Waals surface area contributed by atoms with E-state index in [1.54, 1.807) is 18.2 Å². The molecule has 2 aliphatic heterocycles. The maximum atomic E-state index is 13.0. The first-order chi connectivity index (χ1) is 16.1. The molecule has 0 saturated carbocycles. The first-order valence-electron chi connectivity index (χ1n) is 11.2. The van der Waals surface area contributed by atoms with E-state index in [9.17, 15) is 15.0 Å². The van der Waals surface area contributed by atoms with Gasteiger partial charge < -0.3 is 25.0 Å². The first kappa shape index (κ1) is 23.6. The molecule has 2 aliphatic rings. The highest BCUT2D eigenvalue weighted by Gasteiger charge is 2.53. The van der Waals surface area contributed by atoms with Crippen molar-refractivity contribution in [2.24, 2.45) is 5.92 Å². The van der Waals surface area contributed by atoms with Crippen molar-refractivity contribution < 1.29 is 24.5 Å². The number of phenols is 2. The second-order valence-electron chi connectivity index (χ2n) is 8.93. The number of hydrogen-bond acceptors (Lipinski definition) is 6. The summed E-state index contributed by atoms with van der Waals surface area (Å²) >= 11 is 5.25. The van der Waals surface area contributed by atoms with E-state index in [1.807, 2.05) is 19.1 Å². The second-order valence-corrected chi connectivity index (χ2v) is 9.42. The van der Waals surface area contributed by atoms with Gasteiger partial charge in [0.2, 0.25) is 0 Å². The summed E-state index contributed by atoms with van der Waals surface area (Å²) < 4.78 is 12.0. The molecule has 6 nitrogen and oxygen atoms in total. The van der Waals surface area contributed by atoms with Crippen LogP contribution >= 0.6 is 12.2 Å². The minimum atomic E-state index is -1.25. The van der Waals surface area contributed by atoms with Gasteiger partial charge >= 0.3 is 5.97 Å². The summed E-state index contributed by atoms with van der Waals surface area (Å²) in [5.41, 5.74) is 1.71. The summed E-state index contributed by atoms with van der Waals surface area (Å²) in [6.45, 7) is 8.45. The lowest BCUT2D eigenvalue weighted by atomic mass is 9.77. The Bertz CT molecular complexity index is 1230. The van der Waals surface area contributed by atoms with Crippen molar-refractivity contribution in [1.82, 2.24) is 0 Å². The number of aromatic hydroxyl groups is 2. The highest BCUT2D eigenvalue weighted by Crippen LogP contribution is 2.57. The van der Waals surface area contributed by atoms with Crippen molar-refractivity contribution in [3.63, 3.8) is 0 Å². The molecule has 3 N–H and O–H groups in total. The van der Waals surface area contributed by atoms with Crippen LogP contribution in [0.25, 0.3) is 0 Å². The first-order valence-corrected chi connectivity index (χ1v) is 11.6. The number of nitrogens with one attached hydrogen (secondary N) is 1. The van der Waals surface area contributed by atoms with Crippen LogP contribution in [0.1, 0.15) is 61.2 Å². The third-order valence-electron chi connectivity index (χ3n) is 5.38. The molecular formula is C27H27NO5S. The van der Waals surface area contributed by atoms with Gasteiger partial charge in [-0.05, 0) is 48.7 Å². The fraction of sp³-hybridized carbons (Fsp3) is 0.259. The Morgan fingerprint density at radius 3 is 2.00 bits per heavy atom. The molecule has 0 unspecified atom stereocenters. The summed E-state index contributed by atoms with van der Waals surface area (Å²) in [6.07, 6.45) is 0.686. The van der Waals surface area contributed by atoms with Crippen molar-refractivity contribution in [3.8, 4) is 23.0 Å². The standard InChI is InChI=1S/C23H17NO5S.C4H10/c1-2-21(30)24-12-3-6-16-15(9-12)22(27)29-23(16)17-7-4-13(25)10-19(17)28-20-11-14(26)5-8-18(20)23;1-4(2)3/h3-11,25-26H,2H2,1H3,(H,24,30);4H,1-3H3. The number of phenolic OH excluding ortho intramolecular Hbond substituents is 2. The van der Waals surface area contributed by atoms with Crippen molar-refractivity contribution in [2.75, 3.05) is 5.32 Å². The zero-order chi connectivity index (χ0) is 24.6. The number of carbonyl (C=O) groups excluding carboxylic acids is 1. The number of ether oxygens (including phenoxy) is 2. The molecule has 0 aliphatic carbocycles. The monoisotopic (exact) mass is 477 g/mol. The molecule has 34 heavy (non-hydrogen) atoms. The molecule has 0 bridgehead atoms. The second kappa shape index (κ2) is 8.99. The maximum Gasteiger partial charge on any atom is 0.340 e. The van der Waals surface area contributed by atoms with Crippen molar-refractivity contribution in [1.29, 1.82) is 0 Å². The van der Waals surface area contributed by atoms with Crippen LogP contribution in [-0.4, -0.2) is 21.2 Å². The third kappa shape index (κ3) is 4.07. The molecule has 2 heterocycles. The third-order valence-corrected chi connectivity index (χ3v) is 5.77. The predicted molar refractivity (Wildman–Crippen MR) is 135 cm³/mol. The smallest absolute Gasteiger partial charge is 0.340 e. The predicted octanol–water partition coefficient (Wildman–Crippen LogP) is 6.48. The quantitative estimate of drug-likeness (QED) is 0.288. The van der Waals surface area contributed by atoms with Crippen molar-refractivity contribution in [2.45, 2.75) is 39.7 Å². The molecular weight excluding hydrogens is 450 g/mol. The lowest BCUT2D eigenvalue weighted by Crippen LogP contribution is -2.32. The van der Waals surface area contributed by atoms with E-state index in [0.717, 1.165) is 5.92 Å². The molecule has 0 fully saturated rings. The summed E-state index contributed by atoms with van der Waals surface area (Å²) in [6, 6.07) is 14.7. The lowest BCUT2D eigenvalue weighted by Gasteiger charge is -2.36. The van der Waals surface area contributed by atoms with E-state index in [1.165, 1.54) is 24.3 Å². The molecule has 0 aromatic heterocycles. The Morgan fingerprint density at radius 2 is 1.47 bits per heavy atom. The zero-order valence-corrected chi connectivity index (χ0v) is 20.3. The van der Waals surface area contributed by atoms with Crippen LogP contribution in [0.3, 0.4) is 0 Å². The Hall–Kier alpha value is -3.58. The number of carbonyl (C=O) groups is 1. The number of benzene rings is 3. The fourth-order valence-electron chi connectivity index (χ4n) is 4.03. The molecule has 0 amide bonds. The highest BCUT2D eigenvalue weighted by atomic mass is 32.1. The summed E-state index contributed by atoms with van der Waals surface area (Å²) in [5.74, 6) is 1.09. The Morgan fingerprint density at radius 1 is 0.941 bits per heavy atom. The summed E-state index contributed by atoms with van der Waals surface area (Å²) in [4.78, 5) is 13.6. The molecule has 176 valence electrons. The number of thiocarbonyl (C=S) groups is 1. The van der Waals surface area contributed by atoms with Crippen LogP contribution < -0.4 is 10.1 Å². The van der Waals surface area contributed by atoms with Crippen molar-refractivity contribution in [3.05, 3.63) is 76.9 Å². The van der Waals surface area contributed by atoms with E-state index >= 15 is 0 Å². The van der Waals surface area contributed by atoms with E-state index in [4.69, 9.17) is 21.7 Å². The minimum absolute atomic E-state index is 0.0182. The van der Waals surface area contributed by atoms with E-state index in [2.05, 4.69) is 26.1 Å². The van der Waals surface area contributed by atoms with Gasteiger partial charge in [-0.15, -0.1) is 0 Å². The van der Waals surface area contributed by atoms with Crippen molar-refractivity contribution >= 4 is 28.9 Å². The Labute approximate surface area is 204 Å². The largest absolute Gasteiger partial charge is 0.508 e. The topological polar surface area (TPSA) is 88.0 Å². The normalized spacial score (nSPS) is 14.2.